The molecule has 24 heavy (non-hydrogen) atoms. The van der Waals surface area contributed by atoms with Gasteiger partial charge in [-0.2, -0.15) is 0 Å². The molecule has 0 aliphatic heterocycles. The highest BCUT2D eigenvalue weighted by Crippen LogP contribution is 2.21. The number of aryl methyl sites for hydroxylation is 1. The maximum absolute atomic E-state index is 12.6. The van der Waals surface area contributed by atoms with Crippen LogP contribution in [0.2, 0.25) is 0 Å². The Bertz CT molecular complexity index is 691. The molecule has 0 amide bonds. The van der Waals surface area contributed by atoms with Crippen molar-refractivity contribution in [2.75, 3.05) is 6.26 Å². The lowest BCUT2D eigenvalue weighted by Gasteiger charge is -2.24. The fourth-order valence-corrected chi connectivity index (χ4v) is 2.77. The fraction of sp³-hybridized carbons (Fsp3) is 0.300. The number of esters is 1. The average molecular weight is 342 g/mol. The summed E-state index contributed by atoms with van der Waals surface area (Å²) >= 11 is 1.62. The number of benzene rings is 2. The normalized spacial score (nSPS) is 11.1. The lowest BCUT2D eigenvalue weighted by Crippen LogP contribution is -2.37. The lowest BCUT2D eigenvalue weighted by atomic mass is 9.96. The van der Waals surface area contributed by atoms with Crippen molar-refractivity contribution < 1.29 is 14.3 Å². The number of rotatable bonds is 7. The number of Topliss-reactive ketones (excluding diaryl/α,β-unsaturated/α-hetero) is 1. The minimum Gasteiger partial charge on any atom is -0.451 e. The lowest BCUT2D eigenvalue weighted by molar-refractivity contribution is -0.152. The first-order chi connectivity index (χ1) is 11.4. The Kier molecular flexibility index (Phi) is 6.21. The van der Waals surface area contributed by atoms with E-state index in [4.69, 9.17) is 4.74 Å². The molecular weight excluding hydrogens is 320 g/mol. The molecule has 0 N–H and O–H groups in total. The fourth-order valence-electron chi connectivity index (χ4n) is 2.36. The Labute approximate surface area is 147 Å². The molecule has 0 saturated carbocycles. The second kappa shape index (κ2) is 8.15. The molecule has 0 unspecified atom stereocenters. The van der Waals surface area contributed by atoms with Gasteiger partial charge in [-0.1, -0.05) is 42.5 Å². The highest BCUT2D eigenvalue weighted by atomic mass is 32.2. The number of ketones is 1. The minimum atomic E-state index is -1.17. The Hall–Kier alpha value is -2.07. The molecule has 0 aliphatic carbocycles. The van der Waals surface area contributed by atoms with Crippen LogP contribution in [0.5, 0.6) is 0 Å². The Morgan fingerprint density at radius 3 is 2.21 bits per heavy atom. The molecule has 0 atom stereocenters. The summed E-state index contributed by atoms with van der Waals surface area (Å²) in [6.07, 6.45) is 2.84. The van der Waals surface area contributed by atoms with Crippen LogP contribution < -0.4 is 0 Å². The molecule has 0 saturated heterocycles. The van der Waals surface area contributed by atoms with Crippen molar-refractivity contribution in [2.24, 2.45) is 0 Å². The smallest absolute Gasteiger partial charge is 0.307 e. The predicted octanol–water partition coefficient (Wildman–Crippen LogP) is 4.55. The van der Waals surface area contributed by atoms with Crippen LogP contribution in [0.4, 0.5) is 0 Å². The van der Waals surface area contributed by atoms with Gasteiger partial charge in [0.05, 0.1) is 0 Å². The summed E-state index contributed by atoms with van der Waals surface area (Å²) in [7, 11) is 0. The van der Waals surface area contributed by atoms with Gasteiger partial charge in [0.25, 0.3) is 0 Å². The first kappa shape index (κ1) is 18.3. The number of carbonyl (C=O) groups excluding carboxylic acids is 2. The molecule has 3 nitrogen and oxygen atoms in total. The van der Waals surface area contributed by atoms with Crippen LogP contribution in [0.15, 0.2) is 59.5 Å². The molecule has 0 aromatic heterocycles. The molecule has 2 aromatic rings. The van der Waals surface area contributed by atoms with Gasteiger partial charge in [0.2, 0.25) is 5.78 Å². The van der Waals surface area contributed by atoms with Crippen LogP contribution in [-0.2, 0) is 16.0 Å². The third-order valence-corrected chi connectivity index (χ3v) is 4.47. The van der Waals surface area contributed by atoms with E-state index in [1.165, 1.54) is 0 Å². The first-order valence-corrected chi connectivity index (χ1v) is 9.09. The van der Waals surface area contributed by atoms with Gasteiger partial charge in [-0.05, 0) is 44.2 Å². The maximum Gasteiger partial charge on any atom is 0.307 e. The Morgan fingerprint density at radius 2 is 1.62 bits per heavy atom. The molecule has 4 heteroatoms. The van der Waals surface area contributed by atoms with E-state index in [1.54, 1.807) is 37.7 Å². The summed E-state index contributed by atoms with van der Waals surface area (Å²) in [6, 6.07) is 17.1. The Balaban J connectivity index is 1.95. The highest BCUT2D eigenvalue weighted by Gasteiger charge is 2.32. The third-order valence-electron chi connectivity index (χ3n) is 3.73. The van der Waals surface area contributed by atoms with Crippen molar-refractivity contribution in [1.82, 2.24) is 0 Å². The summed E-state index contributed by atoms with van der Waals surface area (Å²) in [5.74, 6) is -0.554. The molecule has 2 aromatic carbocycles. The van der Waals surface area contributed by atoms with E-state index in [0.717, 1.165) is 10.5 Å². The van der Waals surface area contributed by atoms with Crippen molar-refractivity contribution in [1.29, 1.82) is 0 Å². The van der Waals surface area contributed by atoms with Gasteiger partial charge in [0.15, 0.2) is 5.60 Å². The van der Waals surface area contributed by atoms with Crippen LogP contribution in [0.1, 0.15) is 36.2 Å². The predicted molar refractivity (Wildman–Crippen MR) is 97.5 cm³/mol. The van der Waals surface area contributed by atoms with Gasteiger partial charge in [-0.3, -0.25) is 9.59 Å². The maximum atomic E-state index is 12.6. The van der Waals surface area contributed by atoms with Crippen LogP contribution in [-0.4, -0.2) is 23.6 Å². The van der Waals surface area contributed by atoms with E-state index in [2.05, 4.69) is 0 Å². The van der Waals surface area contributed by atoms with E-state index in [0.29, 0.717) is 12.0 Å². The largest absolute Gasteiger partial charge is 0.451 e. The average Bonchev–Trinajstić information content (AvgIpc) is 2.60. The van der Waals surface area contributed by atoms with Gasteiger partial charge in [-0.15, -0.1) is 11.8 Å². The van der Waals surface area contributed by atoms with Gasteiger partial charge in [-0.25, -0.2) is 0 Å². The molecule has 0 aliphatic rings. The zero-order chi connectivity index (χ0) is 17.6. The summed E-state index contributed by atoms with van der Waals surface area (Å²) < 4.78 is 5.44. The van der Waals surface area contributed by atoms with Crippen molar-refractivity contribution in [3.63, 3.8) is 0 Å². The van der Waals surface area contributed by atoms with E-state index < -0.39 is 5.60 Å². The van der Waals surface area contributed by atoms with E-state index in [9.17, 15) is 9.59 Å². The zero-order valence-corrected chi connectivity index (χ0v) is 15.1. The molecule has 2 rings (SSSR count). The first-order valence-electron chi connectivity index (χ1n) is 7.87. The minimum absolute atomic E-state index is 0.191. The number of hydrogen-bond donors (Lipinski definition) is 0. The monoisotopic (exact) mass is 342 g/mol. The van der Waals surface area contributed by atoms with Crippen LogP contribution in [0, 0.1) is 0 Å². The molecule has 0 heterocycles. The summed E-state index contributed by atoms with van der Waals surface area (Å²) in [5.41, 5.74) is 0.453. The second-order valence-electron chi connectivity index (χ2n) is 6.03. The van der Waals surface area contributed by atoms with Crippen molar-refractivity contribution in [3.05, 3.63) is 65.7 Å². The van der Waals surface area contributed by atoms with E-state index in [1.807, 2.05) is 48.7 Å². The molecule has 0 radical (unpaired) electrons. The number of hydrogen-bond acceptors (Lipinski definition) is 4. The van der Waals surface area contributed by atoms with E-state index >= 15 is 0 Å². The number of thioether (sulfide) groups is 1. The van der Waals surface area contributed by atoms with Crippen LogP contribution in [0.3, 0.4) is 0 Å². The molecule has 126 valence electrons. The molecule has 0 fully saturated rings. The standard InChI is InChI=1S/C20H22O3S/c1-20(2,19(22)16-10-12-17(24-3)13-11-16)23-18(21)14-9-15-7-5-4-6-8-15/h4-8,10-13H,9,14H2,1-3H3. The highest BCUT2D eigenvalue weighted by molar-refractivity contribution is 7.98. The molecular formula is C20H22O3S. The van der Waals surface area contributed by atoms with Gasteiger partial charge in [0, 0.05) is 16.9 Å². The molecule has 0 bridgehead atoms. The third kappa shape index (κ3) is 4.96. The summed E-state index contributed by atoms with van der Waals surface area (Å²) in [5, 5.41) is 0. The van der Waals surface area contributed by atoms with Crippen LogP contribution in [0.25, 0.3) is 0 Å². The van der Waals surface area contributed by atoms with Gasteiger partial charge >= 0.3 is 5.97 Å². The van der Waals surface area contributed by atoms with Crippen molar-refractivity contribution in [3.8, 4) is 0 Å². The topological polar surface area (TPSA) is 43.4 Å². The Morgan fingerprint density at radius 1 is 1.00 bits per heavy atom. The van der Waals surface area contributed by atoms with Crippen molar-refractivity contribution >= 4 is 23.5 Å². The quantitative estimate of drug-likeness (QED) is 0.421. The van der Waals surface area contributed by atoms with Gasteiger partial charge < -0.3 is 4.74 Å². The summed E-state index contributed by atoms with van der Waals surface area (Å²) in [4.78, 5) is 25.8. The molecule has 0 spiro atoms. The number of ether oxygens (including phenoxy) is 1. The second-order valence-corrected chi connectivity index (χ2v) is 6.91. The van der Waals surface area contributed by atoms with E-state index in [-0.39, 0.29) is 18.2 Å². The SMILES string of the molecule is CSc1ccc(C(=O)C(C)(C)OC(=O)CCc2ccccc2)cc1. The summed E-state index contributed by atoms with van der Waals surface area (Å²) in [6.45, 7) is 3.27. The van der Waals surface area contributed by atoms with Gasteiger partial charge in [0.1, 0.15) is 0 Å². The van der Waals surface area contributed by atoms with Crippen molar-refractivity contribution in [2.45, 2.75) is 37.2 Å². The zero-order valence-electron chi connectivity index (χ0n) is 14.2. The van der Waals surface area contributed by atoms with Crippen LogP contribution >= 0.6 is 11.8 Å². The number of carbonyl (C=O) groups is 2.